The SMILES string of the molecule is CCOc1nc(N)nc2ncc(-c3ccc(C(=O)OC(C)(C)C)cc3)nc12. The van der Waals surface area contributed by atoms with Crippen LogP contribution in [-0.4, -0.2) is 38.1 Å². The van der Waals surface area contributed by atoms with Crippen molar-refractivity contribution in [3.05, 3.63) is 36.0 Å². The number of aromatic nitrogens is 4. The van der Waals surface area contributed by atoms with Crippen LogP contribution in [0.1, 0.15) is 38.1 Å². The molecule has 3 aromatic rings. The lowest BCUT2D eigenvalue weighted by Gasteiger charge is -2.19. The molecule has 0 radical (unpaired) electrons. The smallest absolute Gasteiger partial charge is 0.338 e. The minimum Gasteiger partial charge on any atom is -0.476 e. The van der Waals surface area contributed by atoms with Crippen LogP contribution in [0.25, 0.3) is 22.4 Å². The highest BCUT2D eigenvalue weighted by Gasteiger charge is 2.18. The lowest BCUT2D eigenvalue weighted by molar-refractivity contribution is 0.00695. The minimum atomic E-state index is -0.545. The van der Waals surface area contributed by atoms with E-state index in [1.54, 1.807) is 30.5 Å². The number of benzene rings is 1. The molecule has 0 atom stereocenters. The highest BCUT2D eigenvalue weighted by atomic mass is 16.6. The highest BCUT2D eigenvalue weighted by molar-refractivity contribution is 5.90. The van der Waals surface area contributed by atoms with Crippen LogP contribution in [0.2, 0.25) is 0 Å². The zero-order valence-electron chi connectivity index (χ0n) is 15.7. The number of nitrogen functional groups attached to an aromatic ring is 1. The Hall–Kier alpha value is -3.29. The highest BCUT2D eigenvalue weighted by Crippen LogP contribution is 2.24. The van der Waals surface area contributed by atoms with Crippen molar-refractivity contribution in [1.29, 1.82) is 0 Å². The molecule has 0 aliphatic heterocycles. The predicted molar refractivity (Wildman–Crippen MR) is 101 cm³/mol. The Balaban J connectivity index is 1.94. The summed E-state index contributed by atoms with van der Waals surface area (Å²) in [4.78, 5) is 29.1. The van der Waals surface area contributed by atoms with Crippen LogP contribution in [-0.2, 0) is 4.74 Å². The first-order chi connectivity index (χ1) is 12.8. The molecular weight excluding hydrogens is 346 g/mol. The van der Waals surface area contributed by atoms with Crippen LogP contribution < -0.4 is 10.5 Å². The molecule has 27 heavy (non-hydrogen) atoms. The van der Waals surface area contributed by atoms with Crippen LogP contribution in [0.15, 0.2) is 30.5 Å². The molecule has 2 N–H and O–H groups in total. The second-order valence-corrected chi connectivity index (χ2v) is 6.83. The zero-order valence-corrected chi connectivity index (χ0v) is 15.7. The zero-order chi connectivity index (χ0) is 19.6. The summed E-state index contributed by atoms with van der Waals surface area (Å²) in [5.74, 6) is -0.00408. The number of hydrogen-bond acceptors (Lipinski definition) is 8. The number of nitrogens with two attached hydrogens (primary N) is 1. The van der Waals surface area contributed by atoms with Gasteiger partial charge >= 0.3 is 5.97 Å². The van der Waals surface area contributed by atoms with E-state index in [2.05, 4.69) is 19.9 Å². The van der Waals surface area contributed by atoms with Gasteiger partial charge in [0.25, 0.3) is 0 Å². The fourth-order valence-electron chi connectivity index (χ4n) is 2.39. The van der Waals surface area contributed by atoms with E-state index in [-0.39, 0.29) is 11.9 Å². The van der Waals surface area contributed by atoms with E-state index in [4.69, 9.17) is 15.2 Å². The van der Waals surface area contributed by atoms with Gasteiger partial charge in [-0.05, 0) is 39.8 Å². The minimum absolute atomic E-state index is 0.0784. The van der Waals surface area contributed by atoms with Gasteiger partial charge in [0.1, 0.15) is 5.60 Å². The summed E-state index contributed by atoms with van der Waals surface area (Å²) in [5, 5.41) is 0. The molecule has 0 fully saturated rings. The number of hydrogen-bond donors (Lipinski definition) is 1. The molecule has 0 unspecified atom stereocenters. The van der Waals surface area contributed by atoms with E-state index in [1.807, 2.05) is 27.7 Å². The van der Waals surface area contributed by atoms with Gasteiger partial charge < -0.3 is 15.2 Å². The van der Waals surface area contributed by atoms with Gasteiger partial charge in [-0.1, -0.05) is 12.1 Å². The van der Waals surface area contributed by atoms with E-state index in [0.717, 1.165) is 5.56 Å². The topological polar surface area (TPSA) is 113 Å². The first-order valence-electron chi connectivity index (χ1n) is 8.53. The van der Waals surface area contributed by atoms with Gasteiger partial charge in [0.2, 0.25) is 11.8 Å². The van der Waals surface area contributed by atoms with Gasteiger partial charge in [-0.25, -0.2) is 14.8 Å². The molecule has 0 aliphatic carbocycles. The maximum absolute atomic E-state index is 12.1. The predicted octanol–water partition coefficient (Wildman–Crippen LogP) is 3.02. The molecule has 0 saturated heterocycles. The van der Waals surface area contributed by atoms with Crippen molar-refractivity contribution in [1.82, 2.24) is 19.9 Å². The van der Waals surface area contributed by atoms with Crippen LogP contribution in [0.4, 0.5) is 5.95 Å². The standard InChI is InChI=1S/C19H21N5O3/c1-5-26-16-14-15(23-18(20)24-16)21-10-13(22-14)11-6-8-12(9-7-11)17(25)27-19(2,3)4/h6-10H,5H2,1-4H3,(H2,20,21,23,24). The van der Waals surface area contributed by atoms with Crippen molar-refractivity contribution in [2.45, 2.75) is 33.3 Å². The van der Waals surface area contributed by atoms with Crippen LogP contribution in [0, 0.1) is 0 Å². The second kappa shape index (κ2) is 7.14. The number of ether oxygens (including phenoxy) is 2. The largest absolute Gasteiger partial charge is 0.476 e. The molecule has 0 aliphatic rings. The Morgan fingerprint density at radius 1 is 1.11 bits per heavy atom. The maximum Gasteiger partial charge on any atom is 0.338 e. The summed E-state index contributed by atoms with van der Waals surface area (Å²) in [5.41, 5.74) is 7.78. The van der Waals surface area contributed by atoms with E-state index < -0.39 is 5.60 Å². The lowest BCUT2D eigenvalue weighted by atomic mass is 10.1. The van der Waals surface area contributed by atoms with E-state index >= 15 is 0 Å². The third kappa shape index (κ3) is 4.28. The summed E-state index contributed by atoms with van der Waals surface area (Å²) < 4.78 is 10.9. The summed E-state index contributed by atoms with van der Waals surface area (Å²) >= 11 is 0. The summed E-state index contributed by atoms with van der Waals surface area (Å²) in [6.45, 7) is 7.75. The lowest BCUT2D eigenvalue weighted by Crippen LogP contribution is -2.23. The number of anilines is 1. The average Bonchev–Trinajstić information content (AvgIpc) is 2.60. The number of carbonyl (C=O) groups excluding carboxylic acids is 1. The molecule has 2 aromatic heterocycles. The summed E-state index contributed by atoms with van der Waals surface area (Å²) in [7, 11) is 0. The Morgan fingerprint density at radius 2 is 1.81 bits per heavy atom. The van der Waals surface area contributed by atoms with Crippen molar-refractivity contribution in [3.63, 3.8) is 0 Å². The Morgan fingerprint density at radius 3 is 2.44 bits per heavy atom. The average molecular weight is 367 g/mol. The summed E-state index contributed by atoms with van der Waals surface area (Å²) in [6, 6.07) is 6.96. The third-order valence-electron chi connectivity index (χ3n) is 3.49. The van der Waals surface area contributed by atoms with Crippen LogP contribution >= 0.6 is 0 Å². The van der Waals surface area contributed by atoms with Crippen LogP contribution in [0.3, 0.4) is 0 Å². The maximum atomic E-state index is 12.1. The first-order valence-corrected chi connectivity index (χ1v) is 8.53. The Labute approximate surface area is 156 Å². The van der Waals surface area contributed by atoms with Gasteiger partial charge in [0.15, 0.2) is 11.2 Å². The van der Waals surface area contributed by atoms with Crippen molar-refractivity contribution in [3.8, 4) is 17.1 Å². The molecule has 2 heterocycles. The Kier molecular flexibility index (Phi) is 4.89. The van der Waals surface area contributed by atoms with Crippen molar-refractivity contribution >= 4 is 23.1 Å². The number of fused-ring (bicyclic) bond motifs is 1. The van der Waals surface area contributed by atoms with Crippen molar-refractivity contribution in [2.75, 3.05) is 12.3 Å². The third-order valence-corrected chi connectivity index (χ3v) is 3.49. The van der Waals surface area contributed by atoms with Gasteiger partial charge in [-0.3, -0.25) is 0 Å². The van der Waals surface area contributed by atoms with Crippen LogP contribution in [0.5, 0.6) is 5.88 Å². The molecule has 1 aromatic carbocycles. The molecule has 3 rings (SSSR count). The first kappa shape index (κ1) is 18.5. The second-order valence-electron chi connectivity index (χ2n) is 6.83. The molecule has 8 heteroatoms. The molecule has 0 bridgehead atoms. The van der Waals surface area contributed by atoms with Gasteiger partial charge in [0, 0.05) is 5.56 Å². The van der Waals surface area contributed by atoms with Crippen molar-refractivity contribution < 1.29 is 14.3 Å². The fraction of sp³-hybridized carbons (Fsp3) is 0.316. The number of carbonyl (C=O) groups is 1. The van der Waals surface area contributed by atoms with E-state index in [9.17, 15) is 4.79 Å². The molecular formula is C19H21N5O3. The molecule has 8 nitrogen and oxygen atoms in total. The van der Waals surface area contributed by atoms with Crippen molar-refractivity contribution in [2.24, 2.45) is 0 Å². The number of esters is 1. The molecule has 0 saturated carbocycles. The summed E-state index contributed by atoms with van der Waals surface area (Å²) in [6.07, 6.45) is 1.59. The van der Waals surface area contributed by atoms with E-state index in [0.29, 0.717) is 34.9 Å². The monoisotopic (exact) mass is 367 g/mol. The normalized spacial score (nSPS) is 11.4. The fourth-order valence-corrected chi connectivity index (χ4v) is 2.39. The van der Waals surface area contributed by atoms with Gasteiger partial charge in [-0.15, -0.1) is 0 Å². The molecule has 0 amide bonds. The number of nitrogens with zero attached hydrogens (tertiary/aromatic N) is 4. The molecule has 0 spiro atoms. The number of rotatable bonds is 4. The van der Waals surface area contributed by atoms with E-state index in [1.165, 1.54) is 0 Å². The Bertz CT molecular complexity index is 981. The quantitative estimate of drug-likeness (QED) is 0.700. The van der Waals surface area contributed by atoms with Gasteiger partial charge in [0.05, 0.1) is 24.1 Å². The molecule has 140 valence electrons. The van der Waals surface area contributed by atoms with Gasteiger partial charge in [-0.2, -0.15) is 9.97 Å².